The summed E-state index contributed by atoms with van der Waals surface area (Å²) in [6.07, 6.45) is 1.29. The summed E-state index contributed by atoms with van der Waals surface area (Å²) in [5, 5.41) is 0.670. The van der Waals surface area contributed by atoms with Gasteiger partial charge in [-0.15, -0.1) is 0 Å². The van der Waals surface area contributed by atoms with Crippen LogP contribution in [0.25, 0.3) is 0 Å². The summed E-state index contributed by atoms with van der Waals surface area (Å²) in [5.41, 5.74) is 9.50. The third-order valence-corrected chi connectivity index (χ3v) is 5.61. The first-order chi connectivity index (χ1) is 15.5. The van der Waals surface area contributed by atoms with Crippen LogP contribution in [0.15, 0.2) is 66.7 Å². The van der Waals surface area contributed by atoms with Gasteiger partial charge >= 0.3 is 0 Å². The lowest BCUT2D eigenvalue weighted by molar-refractivity contribution is -0.108. The number of nitrogens with zero attached hydrogens (tertiary/aromatic N) is 2. The number of nitrogens with one attached hydrogen (secondary N) is 2. The van der Waals surface area contributed by atoms with E-state index in [-0.39, 0.29) is 12.0 Å². The smallest absolute Gasteiger partial charge is 0.128 e. The van der Waals surface area contributed by atoms with E-state index >= 15 is 0 Å². The number of likely N-dealkylation sites (N-methyl/N-ethyl adjacent to an activating group) is 1. The van der Waals surface area contributed by atoms with Crippen LogP contribution in [-0.2, 0) is 4.79 Å². The maximum atomic E-state index is 11.6. The van der Waals surface area contributed by atoms with E-state index in [0.717, 1.165) is 34.8 Å². The minimum absolute atomic E-state index is 0.00165. The average Bonchev–Trinajstić information content (AvgIpc) is 2.81. The molecule has 0 aliphatic heterocycles. The summed E-state index contributed by atoms with van der Waals surface area (Å²) in [6, 6.07) is 21.2. The number of ether oxygens (including phenoxy) is 1. The number of carbonyl (C=O) groups excluding carboxylic acids is 1. The number of hydrazine groups is 1. The Hall–Kier alpha value is -3.09. The highest BCUT2D eigenvalue weighted by molar-refractivity contribution is 6.30. The first-order valence-electron chi connectivity index (χ1n) is 10.5. The molecule has 0 saturated heterocycles. The predicted octanol–water partition coefficient (Wildman–Crippen LogP) is 4.85. The lowest BCUT2D eigenvalue weighted by Gasteiger charge is -2.32. The van der Waals surface area contributed by atoms with Gasteiger partial charge in [0.1, 0.15) is 17.9 Å². The number of hydrogen-bond acceptors (Lipinski definition) is 6. The van der Waals surface area contributed by atoms with Gasteiger partial charge in [0.25, 0.3) is 0 Å². The van der Waals surface area contributed by atoms with E-state index in [0.29, 0.717) is 18.0 Å². The fraction of sp³-hybridized carbons (Fsp3) is 0.280. The SMILES string of the molecule is COc1ccc(C(CN(C)c2cccc(C)n2)C(CC=O)NNc2ccc(Cl)cc2)cc1. The van der Waals surface area contributed by atoms with Crippen LogP contribution in [0.1, 0.15) is 23.6 Å². The molecule has 2 unspecified atom stereocenters. The first-order valence-corrected chi connectivity index (χ1v) is 10.9. The summed E-state index contributed by atoms with van der Waals surface area (Å²) < 4.78 is 5.32. The highest BCUT2D eigenvalue weighted by Gasteiger charge is 2.25. The molecule has 0 amide bonds. The van der Waals surface area contributed by atoms with Crippen LogP contribution in [0.2, 0.25) is 5.02 Å². The predicted molar refractivity (Wildman–Crippen MR) is 131 cm³/mol. The molecule has 0 aliphatic rings. The summed E-state index contributed by atoms with van der Waals surface area (Å²) >= 11 is 5.99. The van der Waals surface area contributed by atoms with E-state index < -0.39 is 0 Å². The van der Waals surface area contributed by atoms with E-state index in [4.69, 9.17) is 16.3 Å². The van der Waals surface area contributed by atoms with Gasteiger partial charge < -0.3 is 19.9 Å². The molecule has 3 aromatic rings. The highest BCUT2D eigenvalue weighted by Crippen LogP contribution is 2.27. The molecule has 2 atom stereocenters. The molecule has 6 nitrogen and oxygen atoms in total. The van der Waals surface area contributed by atoms with Crippen molar-refractivity contribution in [1.29, 1.82) is 0 Å². The number of anilines is 2. The number of aryl methyl sites for hydroxylation is 1. The molecule has 2 aromatic carbocycles. The van der Waals surface area contributed by atoms with Crippen LogP contribution < -0.4 is 20.5 Å². The van der Waals surface area contributed by atoms with Gasteiger partial charge in [-0.05, 0) is 61.0 Å². The maximum Gasteiger partial charge on any atom is 0.128 e. The van der Waals surface area contributed by atoms with E-state index in [1.165, 1.54) is 0 Å². The molecule has 168 valence electrons. The molecule has 0 saturated carbocycles. The zero-order valence-electron chi connectivity index (χ0n) is 18.6. The molecule has 0 spiro atoms. The van der Waals surface area contributed by atoms with Crippen molar-refractivity contribution >= 4 is 29.4 Å². The second-order valence-electron chi connectivity index (χ2n) is 7.68. The summed E-state index contributed by atoms with van der Waals surface area (Å²) in [7, 11) is 3.67. The van der Waals surface area contributed by atoms with E-state index in [1.54, 1.807) is 7.11 Å². The standard InChI is InChI=1S/C25H29ClN4O2/c1-18-5-4-6-25(27-18)30(2)17-23(19-7-13-22(32-3)14-8-19)24(15-16-31)29-28-21-11-9-20(26)10-12-21/h4-14,16,23-24,28-29H,15,17H2,1-3H3. The summed E-state index contributed by atoms with van der Waals surface area (Å²) in [6.45, 7) is 2.64. The molecule has 32 heavy (non-hydrogen) atoms. The summed E-state index contributed by atoms with van der Waals surface area (Å²) in [4.78, 5) is 18.3. The van der Waals surface area contributed by atoms with Gasteiger partial charge in [-0.25, -0.2) is 10.4 Å². The van der Waals surface area contributed by atoms with E-state index in [2.05, 4.69) is 20.7 Å². The Morgan fingerprint density at radius 2 is 1.81 bits per heavy atom. The van der Waals surface area contributed by atoms with Crippen molar-refractivity contribution in [1.82, 2.24) is 10.4 Å². The van der Waals surface area contributed by atoms with Crippen molar-refractivity contribution in [2.45, 2.75) is 25.3 Å². The van der Waals surface area contributed by atoms with Crippen molar-refractivity contribution in [2.75, 3.05) is 31.0 Å². The Labute approximate surface area is 194 Å². The second kappa shape index (κ2) is 11.5. The van der Waals surface area contributed by atoms with Gasteiger partial charge in [-0.1, -0.05) is 29.8 Å². The van der Waals surface area contributed by atoms with Crippen molar-refractivity contribution in [2.24, 2.45) is 0 Å². The quantitative estimate of drug-likeness (QED) is 0.320. The number of rotatable bonds is 11. The number of hydrogen-bond donors (Lipinski definition) is 2. The average molecular weight is 453 g/mol. The van der Waals surface area contributed by atoms with Crippen molar-refractivity contribution in [3.63, 3.8) is 0 Å². The van der Waals surface area contributed by atoms with Gasteiger partial charge in [-0.3, -0.25) is 0 Å². The molecular weight excluding hydrogens is 424 g/mol. The van der Waals surface area contributed by atoms with Gasteiger partial charge in [0, 0.05) is 48.4 Å². The fourth-order valence-electron chi connectivity index (χ4n) is 3.58. The maximum absolute atomic E-state index is 11.6. The molecule has 0 radical (unpaired) electrons. The Kier molecular flexibility index (Phi) is 8.48. The lowest BCUT2D eigenvalue weighted by Crippen LogP contribution is -2.43. The van der Waals surface area contributed by atoms with Crippen LogP contribution >= 0.6 is 11.6 Å². The zero-order chi connectivity index (χ0) is 22.9. The molecule has 3 rings (SSSR count). The van der Waals surface area contributed by atoms with Gasteiger partial charge in [0.2, 0.25) is 0 Å². The van der Waals surface area contributed by atoms with Crippen LogP contribution in [-0.4, -0.2) is 38.0 Å². The Morgan fingerprint density at radius 1 is 1.09 bits per heavy atom. The fourth-order valence-corrected chi connectivity index (χ4v) is 3.71. The summed E-state index contributed by atoms with van der Waals surface area (Å²) in [5.74, 6) is 1.68. The molecule has 2 N–H and O–H groups in total. The Balaban J connectivity index is 1.86. The molecule has 0 fully saturated rings. The van der Waals surface area contributed by atoms with Crippen molar-refractivity contribution in [3.8, 4) is 5.75 Å². The van der Waals surface area contributed by atoms with Crippen LogP contribution in [0, 0.1) is 6.92 Å². The molecule has 0 bridgehead atoms. The van der Waals surface area contributed by atoms with Crippen LogP contribution in [0.4, 0.5) is 11.5 Å². The van der Waals surface area contributed by atoms with Gasteiger partial charge in [-0.2, -0.15) is 0 Å². The number of benzene rings is 2. The highest BCUT2D eigenvalue weighted by atomic mass is 35.5. The van der Waals surface area contributed by atoms with Gasteiger partial charge in [0.05, 0.1) is 7.11 Å². The van der Waals surface area contributed by atoms with Crippen LogP contribution in [0.3, 0.4) is 0 Å². The molecule has 1 heterocycles. The second-order valence-corrected chi connectivity index (χ2v) is 8.12. The zero-order valence-corrected chi connectivity index (χ0v) is 19.3. The molecular formula is C25H29ClN4O2. The number of carbonyl (C=O) groups is 1. The topological polar surface area (TPSA) is 66.5 Å². The third-order valence-electron chi connectivity index (χ3n) is 5.36. The number of methoxy groups -OCH3 is 1. The molecule has 1 aromatic heterocycles. The van der Waals surface area contributed by atoms with E-state index in [9.17, 15) is 4.79 Å². The lowest BCUT2D eigenvalue weighted by atomic mass is 9.89. The minimum Gasteiger partial charge on any atom is -0.497 e. The number of aldehydes is 1. The normalized spacial score (nSPS) is 12.6. The number of pyridine rings is 1. The van der Waals surface area contributed by atoms with E-state index in [1.807, 2.05) is 80.7 Å². The van der Waals surface area contributed by atoms with Crippen molar-refractivity contribution < 1.29 is 9.53 Å². The monoisotopic (exact) mass is 452 g/mol. The third kappa shape index (κ3) is 6.45. The number of halogens is 1. The molecule has 7 heteroatoms. The first kappa shape index (κ1) is 23.6. The molecule has 0 aliphatic carbocycles. The largest absolute Gasteiger partial charge is 0.497 e. The number of aromatic nitrogens is 1. The Morgan fingerprint density at radius 3 is 2.44 bits per heavy atom. The minimum atomic E-state index is -0.163. The van der Waals surface area contributed by atoms with Crippen LogP contribution in [0.5, 0.6) is 5.75 Å². The van der Waals surface area contributed by atoms with Gasteiger partial charge in [0.15, 0.2) is 0 Å². The Bertz CT molecular complexity index is 996. The van der Waals surface area contributed by atoms with Crippen molar-refractivity contribution in [3.05, 3.63) is 83.0 Å².